The molecule has 5 nitrogen and oxygen atoms in total. The van der Waals surface area contributed by atoms with Gasteiger partial charge in [-0.3, -0.25) is 9.59 Å². The number of fused-ring (bicyclic) bond motifs is 1. The largest absolute Gasteiger partial charge is 0.479 e. The summed E-state index contributed by atoms with van der Waals surface area (Å²) >= 11 is 0. The number of nitrogens with one attached hydrogen (secondary N) is 1. The molecular formula is C28H30N2O3. The Bertz CT molecular complexity index is 1110. The molecule has 2 amide bonds. The number of aryl methyl sites for hydroxylation is 3. The van der Waals surface area contributed by atoms with Crippen LogP contribution in [0.1, 0.15) is 36.5 Å². The molecule has 3 aromatic carbocycles. The van der Waals surface area contributed by atoms with Crippen molar-refractivity contribution >= 4 is 23.2 Å². The third kappa shape index (κ3) is 5.80. The molecule has 0 aromatic heterocycles. The molecule has 0 aliphatic carbocycles. The van der Waals surface area contributed by atoms with Crippen LogP contribution < -0.4 is 15.0 Å². The summed E-state index contributed by atoms with van der Waals surface area (Å²) in [6.07, 6.45) is 2.29. The van der Waals surface area contributed by atoms with E-state index in [0.29, 0.717) is 36.5 Å². The van der Waals surface area contributed by atoms with Crippen LogP contribution in [0, 0.1) is 6.92 Å². The lowest BCUT2D eigenvalue weighted by molar-refractivity contribution is -0.125. The summed E-state index contributed by atoms with van der Waals surface area (Å²) in [6.45, 7) is 4.42. The molecule has 1 atom stereocenters. The van der Waals surface area contributed by atoms with Gasteiger partial charge in [0.15, 0.2) is 6.10 Å². The zero-order valence-electron chi connectivity index (χ0n) is 19.2. The summed E-state index contributed by atoms with van der Waals surface area (Å²) in [6, 6.07) is 24.0. The predicted octanol–water partition coefficient (Wildman–Crippen LogP) is 5.31. The van der Waals surface area contributed by atoms with E-state index in [4.69, 9.17) is 4.74 Å². The molecule has 0 saturated heterocycles. The third-order valence-corrected chi connectivity index (χ3v) is 5.90. The van der Waals surface area contributed by atoms with Gasteiger partial charge in [0.25, 0.3) is 5.91 Å². The van der Waals surface area contributed by atoms with Gasteiger partial charge in [-0.05, 0) is 62.4 Å². The van der Waals surface area contributed by atoms with E-state index >= 15 is 0 Å². The first-order valence-electron chi connectivity index (χ1n) is 11.5. The molecule has 1 unspecified atom stereocenters. The molecule has 33 heavy (non-hydrogen) atoms. The molecular weight excluding hydrogens is 412 g/mol. The Morgan fingerprint density at radius 2 is 1.70 bits per heavy atom. The monoisotopic (exact) mass is 442 g/mol. The topological polar surface area (TPSA) is 58.6 Å². The molecule has 0 fully saturated rings. The molecule has 3 aromatic rings. The number of carbonyl (C=O) groups is 2. The minimum absolute atomic E-state index is 0.0532. The van der Waals surface area contributed by atoms with Crippen molar-refractivity contribution in [2.24, 2.45) is 0 Å². The van der Waals surface area contributed by atoms with Crippen LogP contribution in [-0.4, -0.2) is 24.5 Å². The molecule has 0 bridgehead atoms. The van der Waals surface area contributed by atoms with Crippen molar-refractivity contribution < 1.29 is 14.3 Å². The van der Waals surface area contributed by atoms with Gasteiger partial charge in [-0.15, -0.1) is 0 Å². The Morgan fingerprint density at radius 3 is 2.45 bits per heavy atom. The lowest BCUT2D eigenvalue weighted by Gasteiger charge is -2.33. The zero-order chi connectivity index (χ0) is 23.2. The number of ether oxygens (including phenoxy) is 1. The molecule has 170 valence electrons. The van der Waals surface area contributed by atoms with Crippen molar-refractivity contribution in [3.8, 4) is 5.75 Å². The average molecular weight is 443 g/mol. The van der Waals surface area contributed by atoms with Gasteiger partial charge >= 0.3 is 0 Å². The average Bonchev–Trinajstić information content (AvgIpc) is 2.82. The van der Waals surface area contributed by atoms with Gasteiger partial charge in [-0.2, -0.15) is 0 Å². The van der Waals surface area contributed by atoms with E-state index in [-0.39, 0.29) is 11.8 Å². The first-order valence-corrected chi connectivity index (χ1v) is 11.5. The second-order valence-electron chi connectivity index (χ2n) is 8.56. The zero-order valence-corrected chi connectivity index (χ0v) is 19.2. The first kappa shape index (κ1) is 22.6. The Morgan fingerprint density at radius 1 is 0.970 bits per heavy atom. The lowest BCUT2D eigenvalue weighted by Crippen LogP contribution is -2.45. The highest BCUT2D eigenvalue weighted by Crippen LogP contribution is 2.36. The minimum atomic E-state index is -0.524. The van der Waals surface area contributed by atoms with E-state index in [1.807, 2.05) is 43.3 Å². The van der Waals surface area contributed by atoms with Gasteiger partial charge in [0.05, 0.1) is 5.69 Å². The van der Waals surface area contributed by atoms with Crippen LogP contribution in [0.25, 0.3) is 0 Å². The highest BCUT2D eigenvalue weighted by molar-refractivity contribution is 6.01. The molecule has 5 heteroatoms. The Kier molecular flexibility index (Phi) is 7.08. The molecule has 1 aliphatic heterocycles. The molecule has 1 heterocycles. The SMILES string of the molecule is Cc1ccc(CCC(=O)Nc2ccc3c(c2)N(CCCc2ccccc2)C(=O)C(C)O3)cc1. The number of benzene rings is 3. The van der Waals surface area contributed by atoms with Crippen LogP contribution >= 0.6 is 0 Å². The standard InChI is InChI=1S/C28H30N2O3/c1-20-10-12-23(13-11-20)14-17-27(31)29-24-15-16-26-25(19-24)30(28(32)21(2)33-26)18-6-9-22-7-4-3-5-8-22/h3-5,7-8,10-13,15-16,19,21H,6,9,14,17-18H2,1-2H3,(H,29,31). The van der Waals surface area contributed by atoms with Gasteiger partial charge in [-0.25, -0.2) is 0 Å². The van der Waals surface area contributed by atoms with Gasteiger partial charge < -0.3 is 15.0 Å². The fourth-order valence-corrected chi connectivity index (χ4v) is 4.04. The second-order valence-corrected chi connectivity index (χ2v) is 8.56. The maximum Gasteiger partial charge on any atom is 0.267 e. The van der Waals surface area contributed by atoms with Crippen molar-refractivity contribution in [2.45, 2.75) is 45.6 Å². The molecule has 0 radical (unpaired) electrons. The first-order chi connectivity index (χ1) is 16.0. The number of rotatable bonds is 8. The highest BCUT2D eigenvalue weighted by Gasteiger charge is 2.31. The fourth-order valence-electron chi connectivity index (χ4n) is 4.04. The molecule has 0 saturated carbocycles. The van der Waals surface area contributed by atoms with Crippen LogP contribution in [-0.2, 0) is 22.4 Å². The second kappa shape index (κ2) is 10.3. The number of anilines is 2. The van der Waals surface area contributed by atoms with Crippen LogP contribution in [0.15, 0.2) is 72.8 Å². The van der Waals surface area contributed by atoms with E-state index in [2.05, 4.69) is 41.7 Å². The van der Waals surface area contributed by atoms with Crippen molar-refractivity contribution in [1.29, 1.82) is 0 Å². The Balaban J connectivity index is 1.41. The van der Waals surface area contributed by atoms with E-state index in [0.717, 1.165) is 18.4 Å². The lowest BCUT2D eigenvalue weighted by atomic mass is 10.1. The normalized spacial score (nSPS) is 15.0. The summed E-state index contributed by atoms with van der Waals surface area (Å²) in [5.41, 5.74) is 4.97. The third-order valence-electron chi connectivity index (χ3n) is 5.90. The smallest absolute Gasteiger partial charge is 0.267 e. The quantitative estimate of drug-likeness (QED) is 0.514. The summed E-state index contributed by atoms with van der Waals surface area (Å²) in [5.74, 6) is 0.556. The summed E-state index contributed by atoms with van der Waals surface area (Å²) in [4.78, 5) is 27.2. The maximum absolute atomic E-state index is 12.9. The van der Waals surface area contributed by atoms with Crippen molar-refractivity contribution in [2.75, 3.05) is 16.8 Å². The summed E-state index contributed by atoms with van der Waals surface area (Å²) in [5, 5.41) is 2.97. The Hall–Kier alpha value is -3.60. The number of amides is 2. The number of hydrogen-bond donors (Lipinski definition) is 1. The van der Waals surface area contributed by atoms with Crippen LogP contribution in [0.4, 0.5) is 11.4 Å². The molecule has 1 N–H and O–H groups in total. The number of carbonyl (C=O) groups excluding carboxylic acids is 2. The molecule has 1 aliphatic rings. The number of hydrogen-bond acceptors (Lipinski definition) is 3. The summed E-state index contributed by atoms with van der Waals surface area (Å²) in [7, 11) is 0. The predicted molar refractivity (Wildman–Crippen MR) is 132 cm³/mol. The van der Waals surface area contributed by atoms with Crippen molar-refractivity contribution in [3.63, 3.8) is 0 Å². The van der Waals surface area contributed by atoms with Crippen LogP contribution in [0.5, 0.6) is 5.75 Å². The van der Waals surface area contributed by atoms with E-state index in [1.165, 1.54) is 11.1 Å². The minimum Gasteiger partial charge on any atom is -0.479 e. The van der Waals surface area contributed by atoms with Crippen LogP contribution in [0.2, 0.25) is 0 Å². The van der Waals surface area contributed by atoms with Crippen molar-refractivity contribution in [3.05, 3.63) is 89.5 Å². The van der Waals surface area contributed by atoms with Crippen molar-refractivity contribution in [1.82, 2.24) is 0 Å². The van der Waals surface area contributed by atoms with E-state index in [1.54, 1.807) is 11.8 Å². The molecule has 0 spiro atoms. The fraction of sp³-hybridized carbons (Fsp3) is 0.286. The van der Waals surface area contributed by atoms with Gasteiger partial charge in [0, 0.05) is 18.7 Å². The van der Waals surface area contributed by atoms with Gasteiger partial charge in [-0.1, -0.05) is 60.2 Å². The van der Waals surface area contributed by atoms with E-state index < -0.39 is 6.10 Å². The maximum atomic E-state index is 12.9. The Labute approximate surface area is 195 Å². The highest BCUT2D eigenvalue weighted by atomic mass is 16.5. The summed E-state index contributed by atoms with van der Waals surface area (Å²) < 4.78 is 5.81. The molecule has 4 rings (SSSR count). The number of nitrogens with zero attached hydrogens (tertiary/aromatic N) is 1. The van der Waals surface area contributed by atoms with Crippen LogP contribution in [0.3, 0.4) is 0 Å². The van der Waals surface area contributed by atoms with Gasteiger partial charge in [0.2, 0.25) is 5.91 Å². The van der Waals surface area contributed by atoms with Gasteiger partial charge in [0.1, 0.15) is 5.75 Å². The van der Waals surface area contributed by atoms with E-state index in [9.17, 15) is 9.59 Å².